The summed E-state index contributed by atoms with van der Waals surface area (Å²) < 4.78 is 10.9. The van der Waals surface area contributed by atoms with E-state index in [2.05, 4.69) is 35.9 Å². The van der Waals surface area contributed by atoms with Crippen LogP contribution in [0.15, 0.2) is 23.2 Å². The van der Waals surface area contributed by atoms with Gasteiger partial charge in [-0.2, -0.15) is 11.8 Å². The van der Waals surface area contributed by atoms with E-state index in [-0.39, 0.29) is 5.41 Å². The van der Waals surface area contributed by atoms with Gasteiger partial charge in [0.2, 0.25) is 6.79 Å². The second kappa shape index (κ2) is 8.70. The van der Waals surface area contributed by atoms with Crippen LogP contribution < -0.4 is 20.1 Å². The third-order valence-corrected chi connectivity index (χ3v) is 5.49. The maximum atomic E-state index is 5.53. The number of hydrogen-bond acceptors (Lipinski definition) is 4. The Morgan fingerprint density at radius 3 is 2.80 bits per heavy atom. The molecule has 0 unspecified atom stereocenters. The molecule has 6 heteroatoms. The second-order valence-corrected chi connectivity index (χ2v) is 7.66. The Balaban J connectivity index is 1.57. The molecule has 2 aliphatic rings. The first-order valence-electron chi connectivity index (χ1n) is 9.19. The first-order valence-corrected chi connectivity index (χ1v) is 10.6. The van der Waals surface area contributed by atoms with E-state index in [9.17, 15) is 0 Å². The number of rotatable bonds is 9. The van der Waals surface area contributed by atoms with Crippen molar-refractivity contribution in [2.45, 2.75) is 38.0 Å². The van der Waals surface area contributed by atoms with Gasteiger partial charge in [0.1, 0.15) is 0 Å². The molecule has 0 radical (unpaired) electrons. The number of aliphatic imine (C=N–C) groups is 1. The molecule has 0 spiro atoms. The van der Waals surface area contributed by atoms with Gasteiger partial charge in [0, 0.05) is 18.5 Å². The molecule has 1 aromatic carbocycles. The van der Waals surface area contributed by atoms with Crippen molar-refractivity contribution in [1.82, 2.24) is 10.6 Å². The molecule has 0 saturated heterocycles. The van der Waals surface area contributed by atoms with E-state index >= 15 is 0 Å². The summed E-state index contributed by atoms with van der Waals surface area (Å²) in [4.78, 5) is 4.85. The predicted molar refractivity (Wildman–Crippen MR) is 105 cm³/mol. The van der Waals surface area contributed by atoms with Crippen molar-refractivity contribution >= 4 is 17.7 Å². The van der Waals surface area contributed by atoms with Crippen LogP contribution in [-0.2, 0) is 5.41 Å². The Bertz CT molecular complexity index is 602. The molecule has 1 aliphatic heterocycles. The molecule has 2 N–H and O–H groups in total. The van der Waals surface area contributed by atoms with Crippen LogP contribution in [0.1, 0.15) is 38.2 Å². The number of fused-ring (bicyclic) bond motifs is 1. The molecular weight excluding hydrogens is 334 g/mol. The van der Waals surface area contributed by atoms with E-state index in [4.69, 9.17) is 14.5 Å². The molecule has 1 heterocycles. The Kier molecular flexibility index (Phi) is 6.34. The van der Waals surface area contributed by atoms with Crippen LogP contribution in [0.25, 0.3) is 0 Å². The number of unbranched alkanes of at least 4 members (excludes halogenated alkanes) is 1. The monoisotopic (exact) mass is 363 g/mol. The number of guanidine groups is 1. The van der Waals surface area contributed by atoms with E-state index in [1.165, 1.54) is 37.0 Å². The lowest BCUT2D eigenvalue weighted by atomic mass is 9.96. The highest BCUT2D eigenvalue weighted by Gasteiger charge is 2.44. The lowest BCUT2D eigenvalue weighted by Gasteiger charge is -2.16. The highest BCUT2D eigenvalue weighted by atomic mass is 32.2. The Labute approximate surface area is 155 Å². The summed E-state index contributed by atoms with van der Waals surface area (Å²) in [6, 6.07) is 6.32. The summed E-state index contributed by atoms with van der Waals surface area (Å²) in [5.41, 5.74) is 1.48. The van der Waals surface area contributed by atoms with E-state index in [0.717, 1.165) is 37.1 Å². The quantitative estimate of drug-likeness (QED) is 0.401. The van der Waals surface area contributed by atoms with Crippen molar-refractivity contribution in [3.8, 4) is 11.5 Å². The minimum atomic E-state index is 0.169. The Morgan fingerprint density at radius 1 is 1.20 bits per heavy atom. The lowest BCUT2D eigenvalue weighted by molar-refractivity contribution is 0.174. The number of benzene rings is 1. The Hall–Kier alpha value is -1.56. The fourth-order valence-corrected chi connectivity index (χ4v) is 3.56. The SMILES string of the molecule is CCNC(=NCC1(c2ccc3c(c2)OCO3)CC1)NCCCCSC. The molecule has 138 valence electrons. The van der Waals surface area contributed by atoms with E-state index in [0.29, 0.717) is 6.79 Å². The topological polar surface area (TPSA) is 54.9 Å². The molecule has 0 atom stereocenters. The van der Waals surface area contributed by atoms with E-state index in [1.807, 2.05) is 17.8 Å². The standard InChI is InChI=1S/C19H29N3O2S/c1-3-20-18(21-10-4-5-11-25-2)22-13-19(8-9-19)15-6-7-16-17(12-15)24-14-23-16/h6-7,12H,3-5,8-11,13-14H2,1-2H3,(H2,20,21,22). The average molecular weight is 364 g/mol. The first kappa shape index (κ1) is 18.2. The maximum Gasteiger partial charge on any atom is 0.231 e. The van der Waals surface area contributed by atoms with Gasteiger partial charge in [0.05, 0.1) is 6.54 Å². The van der Waals surface area contributed by atoms with Gasteiger partial charge < -0.3 is 20.1 Å². The molecule has 0 amide bonds. The van der Waals surface area contributed by atoms with Gasteiger partial charge >= 0.3 is 0 Å². The summed E-state index contributed by atoms with van der Waals surface area (Å²) in [7, 11) is 0. The van der Waals surface area contributed by atoms with Crippen LogP contribution in [0.5, 0.6) is 11.5 Å². The van der Waals surface area contributed by atoms with Crippen LogP contribution in [-0.4, -0.2) is 44.4 Å². The van der Waals surface area contributed by atoms with Gasteiger partial charge in [-0.25, -0.2) is 0 Å². The predicted octanol–water partition coefficient (Wildman–Crippen LogP) is 3.15. The van der Waals surface area contributed by atoms with Crippen molar-refractivity contribution in [3.05, 3.63) is 23.8 Å². The maximum absolute atomic E-state index is 5.53. The van der Waals surface area contributed by atoms with Crippen molar-refractivity contribution < 1.29 is 9.47 Å². The molecule has 1 saturated carbocycles. The van der Waals surface area contributed by atoms with Crippen molar-refractivity contribution in [1.29, 1.82) is 0 Å². The number of thioether (sulfide) groups is 1. The molecule has 1 fully saturated rings. The fourth-order valence-electron chi connectivity index (χ4n) is 3.07. The summed E-state index contributed by atoms with van der Waals surface area (Å²) in [5, 5.41) is 6.81. The number of hydrogen-bond donors (Lipinski definition) is 2. The number of nitrogens with one attached hydrogen (secondary N) is 2. The van der Waals surface area contributed by atoms with Crippen LogP contribution in [0.2, 0.25) is 0 Å². The zero-order chi connectivity index (χ0) is 17.5. The molecule has 3 rings (SSSR count). The molecule has 25 heavy (non-hydrogen) atoms. The molecule has 5 nitrogen and oxygen atoms in total. The number of ether oxygens (including phenoxy) is 2. The summed E-state index contributed by atoms with van der Waals surface area (Å²) in [6.45, 7) is 5.11. The Morgan fingerprint density at radius 2 is 2.04 bits per heavy atom. The van der Waals surface area contributed by atoms with Gasteiger partial charge in [-0.05, 0) is 62.3 Å². The summed E-state index contributed by atoms with van der Waals surface area (Å²) in [6.07, 6.45) is 6.95. The smallest absolute Gasteiger partial charge is 0.231 e. The van der Waals surface area contributed by atoms with E-state index in [1.54, 1.807) is 0 Å². The average Bonchev–Trinajstić information content (AvgIpc) is 3.27. The van der Waals surface area contributed by atoms with Gasteiger partial charge in [-0.3, -0.25) is 4.99 Å². The van der Waals surface area contributed by atoms with Gasteiger partial charge in [-0.15, -0.1) is 0 Å². The van der Waals surface area contributed by atoms with Crippen LogP contribution >= 0.6 is 11.8 Å². The van der Waals surface area contributed by atoms with Gasteiger partial charge in [-0.1, -0.05) is 6.07 Å². The number of nitrogens with zero attached hydrogens (tertiary/aromatic N) is 1. The zero-order valence-electron chi connectivity index (χ0n) is 15.3. The van der Waals surface area contributed by atoms with Gasteiger partial charge in [0.25, 0.3) is 0 Å². The third kappa shape index (κ3) is 4.75. The van der Waals surface area contributed by atoms with Gasteiger partial charge in [0.15, 0.2) is 17.5 Å². The highest BCUT2D eigenvalue weighted by Crippen LogP contribution is 2.50. The lowest BCUT2D eigenvalue weighted by Crippen LogP contribution is -2.38. The summed E-state index contributed by atoms with van der Waals surface area (Å²) >= 11 is 1.91. The second-order valence-electron chi connectivity index (χ2n) is 6.67. The van der Waals surface area contributed by atoms with Crippen molar-refractivity contribution in [2.24, 2.45) is 4.99 Å². The van der Waals surface area contributed by atoms with E-state index < -0.39 is 0 Å². The first-order chi connectivity index (χ1) is 12.3. The van der Waals surface area contributed by atoms with Crippen LogP contribution in [0.4, 0.5) is 0 Å². The molecule has 1 aromatic rings. The highest BCUT2D eigenvalue weighted by molar-refractivity contribution is 7.98. The zero-order valence-corrected chi connectivity index (χ0v) is 16.1. The molecule has 0 aromatic heterocycles. The van der Waals surface area contributed by atoms with Crippen LogP contribution in [0, 0.1) is 0 Å². The third-order valence-electron chi connectivity index (χ3n) is 4.79. The summed E-state index contributed by atoms with van der Waals surface area (Å²) in [5.74, 6) is 3.87. The van der Waals surface area contributed by atoms with Crippen molar-refractivity contribution in [2.75, 3.05) is 38.4 Å². The normalized spacial score (nSPS) is 17.4. The minimum Gasteiger partial charge on any atom is -0.454 e. The molecule has 0 bridgehead atoms. The largest absolute Gasteiger partial charge is 0.454 e. The van der Waals surface area contributed by atoms with Crippen LogP contribution in [0.3, 0.4) is 0 Å². The minimum absolute atomic E-state index is 0.169. The molecular formula is C19H29N3O2S. The molecule has 1 aliphatic carbocycles. The fraction of sp³-hybridized carbons (Fsp3) is 0.632. The van der Waals surface area contributed by atoms with Crippen molar-refractivity contribution in [3.63, 3.8) is 0 Å².